The summed E-state index contributed by atoms with van der Waals surface area (Å²) in [7, 11) is 0. The van der Waals surface area contributed by atoms with Crippen LogP contribution in [0.2, 0.25) is 0 Å². The minimum Gasteiger partial charge on any atom is -0.371 e. The summed E-state index contributed by atoms with van der Waals surface area (Å²) >= 11 is 1.53. The maximum atomic E-state index is 10.7. The molecule has 90 valence electrons. The first-order chi connectivity index (χ1) is 7.74. The zero-order valence-corrected chi connectivity index (χ0v) is 11.2. The Kier molecular flexibility index (Phi) is 5.53. The average molecular weight is 239 g/mol. The van der Waals surface area contributed by atoms with Crippen molar-refractivity contribution in [2.24, 2.45) is 5.92 Å². The summed E-state index contributed by atoms with van der Waals surface area (Å²) < 4.78 is 0. The molecule has 1 heterocycles. The molecule has 0 aromatic carbocycles. The van der Waals surface area contributed by atoms with E-state index in [9.17, 15) is 4.79 Å². The fraction of sp³-hybridized carbons (Fsp3) is 0.615. The number of anilines is 1. The van der Waals surface area contributed by atoms with Crippen LogP contribution < -0.4 is 4.90 Å². The third-order valence-electron chi connectivity index (χ3n) is 3.10. The molecule has 0 N–H and O–H groups in total. The van der Waals surface area contributed by atoms with Gasteiger partial charge in [0.2, 0.25) is 0 Å². The molecule has 0 amide bonds. The normalized spacial score (nSPS) is 10.8. The van der Waals surface area contributed by atoms with Gasteiger partial charge in [0.25, 0.3) is 0 Å². The Hall–Kier alpha value is -0.830. The molecule has 0 bridgehead atoms. The fourth-order valence-electron chi connectivity index (χ4n) is 1.85. The Balaban J connectivity index is 2.69. The third kappa shape index (κ3) is 3.34. The van der Waals surface area contributed by atoms with Crippen LogP contribution in [0.4, 0.5) is 5.69 Å². The summed E-state index contributed by atoms with van der Waals surface area (Å²) in [6.07, 6.45) is 3.37. The molecule has 1 aromatic heterocycles. The second-order valence-corrected chi connectivity index (χ2v) is 4.99. The van der Waals surface area contributed by atoms with E-state index in [2.05, 4.69) is 31.1 Å². The summed E-state index contributed by atoms with van der Waals surface area (Å²) in [5.41, 5.74) is 1.20. The standard InChI is InChI=1S/C13H21NOS/c1-4-11(5-2)8-14(6-3)12-7-13(9-15)16-10-12/h7,9-11H,4-6,8H2,1-3H3. The monoisotopic (exact) mass is 239 g/mol. The number of rotatable bonds is 7. The first kappa shape index (κ1) is 13.2. The van der Waals surface area contributed by atoms with Gasteiger partial charge in [0.15, 0.2) is 6.29 Å². The van der Waals surface area contributed by atoms with E-state index in [1.807, 2.05) is 6.07 Å². The van der Waals surface area contributed by atoms with E-state index in [4.69, 9.17) is 0 Å². The van der Waals surface area contributed by atoms with Crippen LogP contribution in [0.1, 0.15) is 43.3 Å². The Morgan fingerprint density at radius 3 is 2.50 bits per heavy atom. The lowest BCUT2D eigenvalue weighted by molar-refractivity contribution is 0.112. The maximum absolute atomic E-state index is 10.7. The summed E-state index contributed by atoms with van der Waals surface area (Å²) in [6, 6.07) is 1.99. The largest absolute Gasteiger partial charge is 0.371 e. The number of nitrogens with zero attached hydrogens (tertiary/aromatic N) is 1. The number of thiophene rings is 1. The molecule has 0 unspecified atom stereocenters. The molecule has 1 rings (SSSR count). The molecule has 0 aliphatic heterocycles. The Morgan fingerprint density at radius 1 is 1.38 bits per heavy atom. The van der Waals surface area contributed by atoms with E-state index in [1.54, 1.807) is 0 Å². The highest BCUT2D eigenvalue weighted by Gasteiger charge is 2.11. The molecule has 2 nitrogen and oxygen atoms in total. The predicted octanol–water partition coefficient (Wildman–Crippen LogP) is 3.82. The van der Waals surface area contributed by atoms with Crippen molar-refractivity contribution in [2.75, 3.05) is 18.0 Å². The van der Waals surface area contributed by atoms with E-state index >= 15 is 0 Å². The van der Waals surface area contributed by atoms with Gasteiger partial charge in [-0.25, -0.2) is 0 Å². The molecule has 0 aliphatic carbocycles. The van der Waals surface area contributed by atoms with Gasteiger partial charge in [0.1, 0.15) is 0 Å². The number of carbonyl (C=O) groups is 1. The van der Waals surface area contributed by atoms with Crippen molar-refractivity contribution in [2.45, 2.75) is 33.6 Å². The second-order valence-electron chi connectivity index (χ2n) is 4.05. The highest BCUT2D eigenvalue weighted by atomic mass is 32.1. The van der Waals surface area contributed by atoms with E-state index in [-0.39, 0.29) is 0 Å². The molecule has 0 saturated heterocycles. The van der Waals surface area contributed by atoms with Gasteiger partial charge in [0.05, 0.1) is 4.88 Å². The molecule has 0 atom stereocenters. The van der Waals surface area contributed by atoms with Gasteiger partial charge < -0.3 is 4.90 Å². The van der Waals surface area contributed by atoms with Crippen molar-refractivity contribution < 1.29 is 4.79 Å². The van der Waals surface area contributed by atoms with Crippen molar-refractivity contribution in [1.29, 1.82) is 0 Å². The van der Waals surface area contributed by atoms with Crippen molar-refractivity contribution >= 4 is 23.3 Å². The molecule has 16 heavy (non-hydrogen) atoms. The van der Waals surface area contributed by atoms with Crippen LogP contribution in [-0.4, -0.2) is 19.4 Å². The molecule has 1 aromatic rings. The molecule has 0 spiro atoms. The number of aldehydes is 1. The summed E-state index contributed by atoms with van der Waals surface area (Å²) in [5, 5.41) is 2.08. The Labute approximate surface area is 102 Å². The van der Waals surface area contributed by atoms with Gasteiger partial charge in [-0.3, -0.25) is 4.79 Å². The SMILES string of the molecule is CCC(CC)CN(CC)c1csc(C=O)c1. The van der Waals surface area contributed by atoms with Crippen LogP contribution in [0.25, 0.3) is 0 Å². The first-order valence-corrected chi connectivity index (χ1v) is 6.91. The van der Waals surface area contributed by atoms with Crippen molar-refractivity contribution in [3.8, 4) is 0 Å². The molecule has 3 heteroatoms. The number of hydrogen-bond donors (Lipinski definition) is 0. The molecule has 0 saturated carbocycles. The topological polar surface area (TPSA) is 20.3 Å². The lowest BCUT2D eigenvalue weighted by Gasteiger charge is -2.26. The quantitative estimate of drug-likeness (QED) is 0.674. The van der Waals surface area contributed by atoms with E-state index < -0.39 is 0 Å². The van der Waals surface area contributed by atoms with Gasteiger partial charge in [-0.2, -0.15) is 0 Å². The number of carbonyl (C=O) groups excluding carboxylic acids is 1. The highest BCUT2D eigenvalue weighted by molar-refractivity contribution is 7.12. The Morgan fingerprint density at radius 2 is 2.06 bits per heavy atom. The van der Waals surface area contributed by atoms with Crippen molar-refractivity contribution in [1.82, 2.24) is 0 Å². The molecule has 0 radical (unpaired) electrons. The zero-order chi connectivity index (χ0) is 12.0. The average Bonchev–Trinajstić information content (AvgIpc) is 2.79. The second kappa shape index (κ2) is 6.69. The van der Waals surface area contributed by atoms with Crippen molar-refractivity contribution in [3.63, 3.8) is 0 Å². The molecular formula is C13H21NOS. The molecule has 0 aliphatic rings. The zero-order valence-electron chi connectivity index (χ0n) is 10.4. The lowest BCUT2D eigenvalue weighted by atomic mass is 10.0. The van der Waals surface area contributed by atoms with E-state index in [1.165, 1.54) is 29.9 Å². The van der Waals surface area contributed by atoms with Crippen LogP contribution in [0.3, 0.4) is 0 Å². The lowest BCUT2D eigenvalue weighted by Crippen LogP contribution is -2.28. The summed E-state index contributed by atoms with van der Waals surface area (Å²) in [6.45, 7) is 8.75. The van der Waals surface area contributed by atoms with Gasteiger partial charge in [-0.15, -0.1) is 11.3 Å². The smallest absolute Gasteiger partial charge is 0.160 e. The highest BCUT2D eigenvalue weighted by Crippen LogP contribution is 2.23. The van der Waals surface area contributed by atoms with Gasteiger partial charge >= 0.3 is 0 Å². The van der Waals surface area contributed by atoms with Crippen LogP contribution in [0, 0.1) is 5.92 Å². The first-order valence-electron chi connectivity index (χ1n) is 6.03. The van der Waals surface area contributed by atoms with Crippen molar-refractivity contribution in [3.05, 3.63) is 16.3 Å². The van der Waals surface area contributed by atoms with Gasteiger partial charge in [-0.1, -0.05) is 26.7 Å². The molecular weight excluding hydrogens is 218 g/mol. The van der Waals surface area contributed by atoms with E-state index in [0.29, 0.717) is 0 Å². The van der Waals surface area contributed by atoms with Gasteiger partial charge in [0, 0.05) is 24.2 Å². The maximum Gasteiger partial charge on any atom is 0.160 e. The van der Waals surface area contributed by atoms with Crippen LogP contribution in [0.5, 0.6) is 0 Å². The van der Waals surface area contributed by atoms with Crippen LogP contribution in [0.15, 0.2) is 11.4 Å². The predicted molar refractivity (Wildman–Crippen MR) is 71.7 cm³/mol. The fourth-order valence-corrected chi connectivity index (χ4v) is 2.56. The van der Waals surface area contributed by atoms with E-state index in [0.717, 1.165) is 30.2 Å². The van der Waals surface area contributed by atoms with Crippen LogP contribution >= 0.6 is 11.3 Å². The molecule has 0 fully saturated rings. The Bertz CT molecular complexity index is 317. The summed E-state index contributed by atoms with van der Waals surface area (Å²) in [4.78, 5) is 13.8. The van der Waals surface area contributed by atoms with Crippen LogP contribution in [-0.2, 0) is 0 Å². The summed E-state index contributed by atoms with van der Waals surface area (Å²) in [5.74, 6) is 0.750. The number of hydrogen-bond acceptors (Lipinski definition) is 3. The van der Waals surface area contributed by atoms with Gasteiger partial charge in [-0.05, 0) is 18.9 Å². The minimum atomic E-state index is 0.750. The minimum absolute atomic E-state index is 0.750. The third-order valence-corrected chi connectivity index (χ3v) is 3.95.